The van der Waals surface area contributed by atoms with Crippen LogP contribution in [-0.2, 0) is 19.6 Å². The smallest absolute Gasteiger partial charge is 0.342 e. The summed E-state index contributed by atoms with van der Waals surface area (Å²) >= 11 is 0. The van der Waals surface area contributed by atoms with E-state index >= 15 is 0 Å². The molecular formula is C20H24N2O6S. The van der Waals surface area contributed by atoms with E-state index in [1.165, 1.54) is 41.7 Å². The van der Waals surface area contributed by atoms with Gasteiger partial charge < -0.3 is 14.8 Å². The molecule has 0 aliphatic heterocycles. The average Bonchev–Trinajstić information content (AvgIpc) is 2.73. The molecule has 9 heteroatoms. The summed E-state index contributed by atoms with van der Waals surface area (Å²) in [6.07, 6.45) is 0. The summed E-state index contributed by atoms with van der Waals surface area (Å²) in [4.78, 5) is 24.3. The molecule has 0 atom stereocenters. The van der Waals surface area contributed by atoms with Gasteiger partial charge in [0.1, 0.15) is 11.3 Å². The number of anilines is 1. The van der Waals surface area contributed by atoms with Gasteiger partial charge in [0.2, 0.25) is 10.0 Å². The summed E-state index contributed by atoms with van der Waals surface area (Å²) in [6.45, 7) is 3.78. The Morgan fingerprint density at radius 3 is 2.21 bits per heavy atom. The second-order valence-corrected chi connectivity index (χ2v) is 7.88. The number of sulfonamides is 1. The maximum absolute atomic E-state index is 12.5. The number of esters is 1. The Labute approximate surface area is 170 Å². The van der Waals surface area contributed by atoms with Crippen molar-refractivity contribution in [2.75, 3.05) is 32.1 Å². The third-order valence-corrected chi connectivity index (χ3v) is 6.21. The molecule has 0 unspecified atom stereocenters. The van der Waals surface area contributed by atoms with Gasteiger partial charge in [0, 0.05) is 18.8 Å². The topological polar surface area (TPSA) is 102 Å². The molecule has 0 saturated heterocycles. The second-order valence-electron chi connectivity index (χ2n) is 5.94. The van der Waals surface area contributed by atoms with Crippen LogP contribution in [0.3, 0.4) is 0 Å². The lowest BCUT2D eigenvalue weighted by Gasteiger charge is -2.18. The highest BCUT2D eigenvalue weighted by molar-refractivity contribution is 7.89. The number of nitrogens with one attached hydrogen (secondary N) is 1. The Balaban J connectivity index is 1.97. The minimum atomic E-state index is -3.57. The van der Waals surface area contributed by atoms with Gasteiger partial charge in [-0.25, -0.2) is 13.2 Å². The number of ether oxygens (including phenoxy) is 2. The standard InChI is InChI=1S/C20H24N2O6S/c1-4-22(5-2)29(25,26)16-12-10-15(11-13-16)21-19(23)14-28-20(24)17-8-6-7-9-18(17)27-3/h6-13H,4-5,14H2,1-3H3,(H,21,23). The van der Waals surface area contributed by atoms with Gasteiger partial charge in [-0.3, -0.25) is 4.79 Å². The van der Waals surface area contributed by atoms with Gasteiger partial charge >= 0.3 is 5.97 Å². The van der Waals surface area contributed by atoms with Crippen molar-refractivity contribution in [3.05, 3.63) is 54.1 Å². The van der Waals surface area contributed by atoms with Crippen LogP contribution in [0.4, 0.5) is 5.69 Å². The quantitative estimate of drug-likeness (QED) is 0.626. The number of rotatable bonds is 9. The van der Waals surface area contributed by atoms with Crippen LogP contribution in [0.1, 0.15) is 24.2 Å². The fourth-order valence-corrected chi connectivity index (χ4v) is 4.10. The molecule has 2 rings (SSSR count). The lowest BCUT2D eigenvalue weighted by molar-refractivity contribution is -0.119. The number of para-hydroxylation sites is 1. The summed E-state index contributed by atoms with van der Waals surface area (Å²) in [7, 11) is -2.13. The molecule has 2 aromatic carbocycles. The fourth-order valence-electron chi connectivity index (χ4n) is 2.64. The number of methoxy groups -OCH3 is 1. The average molecular weight is 420 g/mol. The first-order valence-electron chi connectivity index (χ1n) is 9.03. The summed E-state index contributed by atoms with van der Waals surface area (Å²) < 4.78 is 36.4. The lowest BCUT2D eigenvalue weighted by atomic mass is 10.2. The van der Waals surface area contributed by atoms with E-state index in [1.807, 2.05) is 0 Å². The van der Waals surface area contributed by atoms with Gasteiger partial charge in [0.25, 0.3) is 5.91 Å². The lowest BCUT2D eigenvalue weighted by Crippen LogP contribution is -2.30. The van der Waals surface area contributed by atoms with Gasteiger partial charge in [-0.2, -0.15) is 4.31 Å². The molecule has 0 spiro atoms. The molecule has 0 bridgehead atoms. The highest BCUT2D eigenvalue weighted by Crippen LogP contribution is 2.19. The van der Waals surface area contributed by atoms with Gasteiger partial charge in [-0.1, -0.05) is 26.0 Å². The Kier molecular flexibility index (Phi) is 7.74. The van der Waals surface area contributed by atoms with Crippen LogP contribution < -0.4 is 10.1 Å². The first-order valence-corrected chi connectivity index (χ1v) is 10.5. The van der Waals surface area contributed by atoms with Crippen molar-refractivity contribution >= 4 is 27.6 Å². The van der Waals surface area contributed by atoms with Crippen molar-refractivity contribution in [1.29, 1.82) is 0 Å². The second kappa shape index (κ2) is 10.0. The van der Waals surface area contributed by atoms with E-state index < -0.39 is 28.5 Å². The maximum Gasteiger partial charge on any atom is 0.342 e. The molecule has 29 heavy (non-hydrogen) atoms. The zero-order valence-corrected chi connectivity index (χ0v) is 17.4. The molecule has 0 aliphatic rings. The van der Waals surface area contributed by atoms with Crippen molar-refractivity contribution in [3.8, 4) is 5.75 Å². The van der Waals surface area contributed by atoms with E-state index in [2.05, 4.69) is 5.32 Å². The number of nitrogens with zero attached hydrogens (tertiary/aromatic N) is 1. The Morgan fingerprint density at radius 1 is 1.00 bits per heavy atom. The molecule has 0 aromatic heterocycles. The third kappa shape index (κ3) is 5.55. The van der Waals surface area contributed by atoms with Crippen molar-refractivity contribution in [2.24, 2.45) is 0 Å². The number of amides is 1. The number of hydrogen-bond donors (Lipinski definition) is 1. The minimum absolute atomic E-state index is 0.141. The van der Waals surface area contributed by atoms with E-state index in [0.717, 1.165) is 0 Å². The van der Waals surface area contributed by atoms with Crippen LogP contribution in [-0.4, -0.2) is 51.4 Å². The monoisotopic (exact) mass is 420 g/mol. The van der Waals surface area contributed by atoms with Crippen LogP contribution in [0.25, 0.3) is 0 Å². The van der Waals surface area contributed by atoms with Crippen LogP contribution in [0.2, 0.25) is 0 Å². The molecule has 0 saturated carbocycles. The van der Waals surface area contributed by atoms with Crippen molar-refractivity contribution in [1.82, 2.24) is 4.31 Å². The first kappa shape index (κ1) is 22.4. The molecule has 0 fully saturated rings. The van der Waals surface area contributed by atoms with Crippen LogP contribution >= 0.6 is 0 Å². The zero-order valence-electron chi connectivity index (χ0n) is 16.5. The van der Waals surface area contributed by atoms with Crippen molar-refractivity contribution in [3.63, 3.8) is 0 Å². The summed E-state index contributed by atoms with van der Waals surface area (Å²) in [5.74, 6) is -0.881. The van der Waals surface area contributed by atoms with E-state index in [0.29, 0.717) is 24.5 Å². The number of carbonyl (C=O) groups is 2. The van der Waals surface area contributed by atoms with Gasteiger partial charge in [0.05, 0.1) is 12.0 Å². The van der Waals surface area contributed by atoms with Gasteiger partial charge in [0.15, 0.2) is 6.61 Å². The molecule has 156 valence electrons. The molecule has 2 aromatic rings. The van der Waals surface area contributed by atoms with Gasteiger partial charge in [-0.15, -0.1) is 0 Å². The zero-order chi connectivity index (χ0) is 21.4. The van der Waals surface area contributed by atoms with E-state index in [-0.39, 0.29) is 10.5 Å². The summed E-state index contributed by atoms with van der Waals surface area (Å²) in [6, 6.07) is 12.3. The number of hydrogen-bond acceptors (Lipinski definition) is 6. The highest BCUT2D eigenvalue weighted by atomic mass is 32.2. The molecule has 0 heterocycles. The third-order valence-electron chi connectivity index (χ3n) is 4.14. The minimum Gasteiger partial charge on any atom is -0.496 e. The largest absolute Gasteiger partial charge is 0.496 e. The number of carbonyl (C=O) groups excluding carboxylic acids is 2. The van der Waals surface area contributed by atoms with Crippen LogP contribution in [0, 0.1) is 0 Å². The predicted molar refractivity (Wildman–Crippen MR) is 108 cm³/mol. The van der Waals surface area contributed by atoms with Gasteiger partial charge in [-0.05, 0) is 36.4 Å². The summed E-state index contributed by atoms with van der Waals surface area (Å²) in [5, 5.41) is 2.56. The van der Waals surface area contributed by atoms with E-state index in [9.17, 15) is 18.0 Å². The summed E-state index contributed by atoms with van der Waals surface area (Å²) in [5.41, 5.74) is 0.607. The number of benzene rings is 2. The molecule has 0 aliphatic carbocycles. The van der Waals surface area contributed by atoms with Crippen molar-refractivity contribution < 1.29 is 27.5 Å². The normalized spacial score (nSPS) is 11.2. The maximum atomic E-state index is 12.5. The molecule has 0 radical (unpaired) electrons. The molecular weight excluding hydrogens is 396 g/mol. The van der Waals surface area contributed by atoms with Crippen LogP contribution in [0.5, 0.6) is 5.75 Å². The highest BCUT2D eigenvalue weighted by Gasteiger charge is 2.21. The molecule has 1 amide bonds. The van der Waals surface area contributed by atoms with Crippen LogP contribution in [0.15, 0.2) is 53.4 Å². The predicted octanol–water partition coefficient (Wildman–Crippen LogP) is 2.52. The first-order chi connectivity index (χ1) is 13.8. The SMILES string of the molecule is CCN(CC)S(=O)(=O)c1ccc(NC(=O)COC(=O)c2ccccc2OC)cc1. The Hall–Kier alpha value is -2.91. The van der Waals surface area contributed by atoms with E-state index in [4.69, 9.17) is 9.47 Å². The fraction of sp³-hybridized carbons (Fsp3) is 0.300. The molecule has 8 nitrogen and oxygen atoms in total. The van der Waals surface area contributed by atoms with Crippen molar-refractivity contribution in [2.45, 2.75) is 18.7 Å². The Morgan fingerprint density at radius 2 is 1.62 bits per heavy atom. The Bertz CT molecular complexity index is 953. The van der Waals surface area contributed by atoms with E-state index in [1.54, 1.807) is 32.0 Å². The molecule has 1 N–H and O–H groups in total.